The van der Waals surface area contributed by atoms with Crippen LogP contribution in [0.2, 0.25) is 0 Å². The average Bonchev–Trinajstić information content (AvgIpc) is 2.71. The van der Waals surface area contributed by atoms with E-state index in [4.69, 9.17) is 14.2 Å². The highest BCUT2D eigenvalue weighted by Crippen LogP contribution is 2.34. The van der Waals surface area contributed by atoms with Crippen molar-refractivity contribution in [3.8, 4) is 0 Å². The second-order valence-corrected chi connectivity index (χ2v) is 6.17. The third-order valence-electron chi connectivity index (χ3n) is 4.72. The number of rotatable bonds is 4. The zero-order valence-electron chi connectivity index (χ0n) is 15.6. The van der Waals surface area contributed by atoms with Crippen LogP contribution in [0, 0.1) is 0 Å². The van der Waals surface area contributed by atoms with Gasteiger partial charge in [0.1, 0.15) is 12.4 Å². The van der Waals surface area contributed by atoms with Crippen molar-refractivity contribution in [2.45, 2.75) is 19.8 Å². The van der Waals surface area contributed by atoms with Gasteiger partial charge in [-0.05, 0) is 37.1 Å². The van der Waals surface area contributed by atoms with E-state index in [-0.39, 0.29) is 30.5 Å². The molecule has 0 saturated heterocycles. The monoisotopic (exact) mass is 374 g/mol. The normalized spacial score (nSPS) is 16.9. The van der Waals surface area contributed by atoms with Crippen LogP contribution in [-0.2, 0) is 35.0 Å². The molecule has 144 valence electrons. The van der Waals surface area contributed by atoms with Crippen molar-refractivity contribution in [3.63, 3.8) is 0 Å². The van der Waals surface area contributed by atoms with Crippen LogP contribution in [0.3, 0.4) is 0 Å². The smallest absolute Gasteiger partial charge is 0.355 e. The fourth-order valence-electron chi connectivity index (χ4n) is 3.41. The summed E-state index contributed by atoms with van der Waals surface area (Å²) >= 11 is 0. The molecule has 1 aromatic rings. The molecule has 0 bridgehead atoms. The number of anilines is 2. The lowest BCUT2D eigenvalue weighted by atomic mass is 9.99. The zero-order chi connectivity index (χ0) is 19.6. The van der Waals surface area contributed by atoms with E-state index in [9.17, 15) is 14.4 Å². The highest BCUT2D eigenvalue weighted by molar-refractivity contribution is 6.03. The van der Waals surface area contributed by atoms with Crippen molar-refractivity contribution in [1.82, 2.24) is 0 Å². The quantitative estimate of drug-likeness (QED) is 0.736. The molecule has 0 aromatic heterocycles. The summed E-state index contributed by atoms with van der Waals surface area (Å²) in [6.07, 6.45) is 1.06. The van der Waals surface area contributed by atoms with Gasteiger partial charge in [-0.3, -0.25) is 4.79 Å². The second-order valence-electron chi connectivity index (χ2n) is 6.17. The summed E-state index contributed by atoms with van der Waals surface area (Å²) in [5.41, 5.74) is 2.77. The summed E-state index contributed by atoms with van der Waals surface area (Å²) in [6.45, 7) is 2.59. The Balaban J connectivity index is 2.05. The van der Waals surface area contributed by atoms with Gasteiger partial charge in [-0.1, -0.05) is 0 Å². The van der Waals surface area contributed by atoms with Gasteiger partial charge in [0.15, 0.2) is 0 Å². The molecule has 0 fully saturated rings. The number of carbonyl (C=O) groups excluding carboxylic acids is 3. The van der Waals surface area contributed by atoms with E-state index in [1.807, 2.05) is 19.1 Å². The first-order valence-corrected chi connectivity index (χ1v) is 8.70. The number of carbonyl (C=O) groups is 3. The number of fused-ring (bicyclic) bond motifs is 1. The van der Waals surface area contributed by atoms with Gasteiger partial charge in [-0.15, -0.1) is 0 Å². The Morgan fingerprint density at radius 1 is 1.15 bits per heavy atom. The lowest BCUT2D eigenvalue weighted by Gasteiger charge is -2.33. The van der Waals surface area contributed by atoms with Crippen molar-refractivity contribution in [3.05, 3.63) is 35.0 Å². The number of hydrogen-bond acceptors (Lipinski definition) is 7. The predicted octanol–water partition coefficient (Wildman–Crippen LogP) is 1.38. The highest BCUT2D eigenvalue weighted by atomic mass is 16.5. The van der Waals surface area contributed by atoms with Crippen LogP contribution in [0.5, 0.6) is 0 Å². The maximum absolute atomic E-state index is 12.4. The minimum atomic E-state index is -0.638. The molecule has 2 heterocycles. The number of amides is 1. The Labute approximate surface area is 157 Å². The Hall–Kier alpha value is -2.87. The van der Waals surface area contributed by atoms with Crippen LogP contribution in [0.15, 0.2) is 29.5 Å². The molecule has 2 aliphatic heterocycles. The Morgan fingerprint density at radius 2 is 1.89 bits per heavy atom. The van der Waals surface area contributed by atoms with Gasteiger partial charge >= 0.3 is 11.9 Å². The van der Waals surface area contributed by atoms with Crippen LogP contribution >= 0.6 is 0 Å². The molecule has 0 atom stereocenters. The molecule has 1 amide bonds. The molecule has 0 radical (unpaired) electrons. The van der Waals surface area contributed by atoms with Gasteiger partial charge < -0.3 is 24.0 Å². The summed E-state index contributed by atoms with van der Waals surface area (Å²) in [5.74, 6) is -1.18. The van der Waals surface area contributed by atoms with Gasteiger partial charge in [-0.25, -0.2) is 9.59 Å². The molecule has 27 heavy (non-hydrogen) atoms. The predicted molar refractivity (Wildman–Crippen MR) is 97.1 cm³/mol. The maximum atomic E-state index is 12.4. The van der Waals surface area contributed by atoms with E-state index in [1.54, 1.807) is 15.9 Å². The van der Waals surface area contributed by atoms with Gasteiger partial charge in [0.05, 0.1) is 26.4 Å². The van der Waals surface area contributed by atoms with Gasteiger partial charge in [0.2, 0.25) is 5.91 Å². The molecule has 8 heteroatoms. The van der Waals surface area contributed by atoms with E-state index in [0.29, 0.717) is 25.1 Å². The van der Waals surface area contributed by atoms with Crippen LogP contribution in [0.25, 0.3) is 0 Å². The minimum absolute atomic E-state index is 0.0311. The standard InChI is InChI=1S/C19H22N2O6/c1-4-20-15-7-6-13(9-12(15)5-8-16(20)22)21-11-27-10-14(18(23)25-2)17(21)19(24)26-3/h6-7,9H,4-5,8,10-11H2,1-3H3. The summed E-state index contributed by atoms with van der Waals surface area (Å²) in [5, 5.41) is 0. The van der Waals surface area contributed by atoms with E-state index < -0.39 is 11.9 Å². The van der Waals surface area contributed by atoms with E-state index in [1.165, 1.54) is 14.2 Å². The first-order valence-electron chi connectivity index (χ1n) is 8.70. The number of methoxy groups -OCH3 is 2. The molecule has 0 saturated carbocycles. The number of ether oxygens (including phenoxy) is 3. The van der Waals surface area contributed by atoms with Crippen LogP contribution in [0.4, 0.5) is 11.4 Å². The van der Waals surface area contributed by atoms with Crippen LogP contribution < -0.4 is 9.80 Å². The summed E-state index contributed by atoms with van der Waals surface area (Å²) in [6, 6.07) is 5.57. The Bertz CT molecular complexity index is 816. The average molecular weight is 374 g/mol. The molecular formula is C19H22N2O6. The van der Waals surface area contributed by atoms with Crippen molar-refractivity contribution < 1.29 is 28.6 Å². The molecule has 8 nitrogen and oxygen atoms in total. The molecule has 0 aliphatic carbocycles. The number of benzene rings is 1. The SMILES string of the molecule is CCN1C(=O)CCc2cc(N3COCC(C(=O)OC)=C3C(=O)OC)ccc21. The van der Waals surface area contributed by atoms with E-state index >= 15 is 0 Å². The van der Waals surface area contributed by atoms with Crippen LogP contribution in [-0.4, -0.2) is 51.9 Å². The molecule has 3 rings (SSSR count). The number of nitrogens with zero attached hydrogens (tertiary/aromatic N) is 2. The molecule has 0 unspecified atom stereocenters. The zero-order valence-corrected chi connectivity index (χ0v) is 15.6. The Kier molecular flexibility index (Phi) is 5.46. The molecule has 2 aliphatic rings. The molecule has 0 N–H and O–H groups in total. The number of hydrogen-bond donors (Lipinski definition) is 0. The fraction of sp³-hybridized carbons (Fsp3) is 0.421. The van der Waals surface area contributed by atoms with Gasteiger partial charge in [-0.2, -0.15) is 0 Å². The maximum Gasteiger partial charge on any atom is 0.355 e. The first kappa shape index (κ1) is 18.9. The summed E-state index contributed by atoms with van der Waals surface area (Å²) in [7, 11) is 2.51. The molecule has 0 spiro atoms. The Morgan fingerprint density at radius 3 is 2.56 bits per heavy atom. The topological polar surface area (TPSA) is 85.4 Å². The molecule has 1 aromatic carbocycles. The van der Waals surface area contributed by atoms with Crippen LogP contribution in [0.1, 0.15) is 18.9 Å². The lowest BCUT2D eigenvalue weighted by molar-refractivity contribution is -0.140. The molecular weight excluding hydrogens is 352 g/mol. The number of esters is 2. The summed E-state index contributed by atoms with van der Waals surface area (Å²) < 4.78 is 15.1. The van der Waals surface area contributed by atoms with Crippen molar-refractivity contribution in [1.29, 1.82) is 0 Å². The lowest BCUT2D eigenvalue weighted by Crippen LogP contribution is -2.39. The third-order valence-corrected chi connectivity index (χ3v) is 4.72. The third kappa shape index (κ3) is 3.40. The van der Waals surface area contributed by atoms with Crippen molar-refractivity contribution >= 4 is 29.2 Å². The first-order chi connectivity index (χ1) is 13.0. The van der Waals surface area contributed by atoms with E-state index in [2.05, 4.69) is 0 Å². The van der Waals surface area contributed by atoms with Crippen molar-refractivity contribution in [2.75, 3.05) is 43.9 Å². The number of aryl methyl sites for hydroxylation is 1. The van der Waals surface area contributed by atoms with Gasteiger partial charge in [0, 0.05) is 24.3 Å². The summed E-state index contributed by atoms with van der Waals surface area (Å²) in [4.78, 5) is 39.9. The van der Waals surface area contributed by atoms with E-state index in [0.717, 1.165) is 11.3 Å². The minimum Gasteiger partial charge on any atom is -0.466 e. The van der Waals surface area contributed by atoms with Crippen molar-refractivity contribution in [2.24, 2.45) is 0 Å². The van der Waals surface area contributed by atoms with Gasteiger partial charge in [0.25, 0.3) is 0 Å². The fourth-order valence-corrected chi connectivity index (χ4v) is 3.41. The highest BCUT2D eigenvalue weighted by Gasteiger charge is 2.33. The largest absolute Gasteiger partial charge is 0.466 e. The second kappa shape index (κ2) is 7.79.